The fourth-order valence-corrected chi connectivity index (χ4v) is 2.89. The van der Waals surface area contributed by atoms with Crippen LogP contribution in [-0.2, 0) is 0 Å². The van der Waals surface area contributed by atoms with Gasteiger partial charge in [-0.2, -0.15) is 0 Å². The summed E-state index contributed by atoms with van der Waals surface area (Å²) in [5.41, 5.74) is 2.90. The second-order valence-electron chi connectivity index (χ2n) is 3.86. The van der Waals surface area contributed by atoms with Crippen LogP contribution in [0, 0.1) is 5.92 Å². The van der Waals surface area contributed by atoms with Gasteiger partial charge in [0.15, 0.2) is 0 Å². The number of hydrazine groups is 1. The van der Waals surface area contributed by atoms with Crippen LogP contribution >= 0.6 is 11.5 Å². The molecule has 1 aliphatic rings. The molecular formula is C9H16N4S. The Morgan fingerprint density at radius 2 is 2.21 bits per heavy atom. The van der Waals surface area contributed by atoms with Crippen molar-refractivity contribution in [3.8, 4) is 0 Å². The Morgan fingerprint density at radius 1 is 1.43 bits per heavy atom. The van der Waals surface area contributed by atoms with Gasteiger partial charge in [-0.1, -0.05) is 23.8 Å². The summed E-state index contributed by atoms with van der Waals surface area (Å²) in [4.78, 5) is 1.17. The maximum absolute atomic E-state index is 5.60. The topological polar surface area (TPSA) is 63.8 Å². The first-order valence-electron chi connectivity index (χ1n) is 5.15. The molecule has 0 aliphatic heterocycles. The monoisotopic (exact) mass is 212 g/mol. The van der Waals surface area contributed by atoms with E-state index in [1.54, 1.807) is 0 Å². The minimum absolute atomic E-state index is 0.260. The Morgan fingerprint density at radius 3 is 2.79 bits per heavy atom. The lowest BCUT2D eigenvalue weighted by atomic mass is 9.84. The fourth-order valence-electron chi connectivity index (χ4n) is 2.23. The maximum Gasteiger partial charge on any atom is 0.0669 e. The number of rotatable bonds is 3. The minimum atomic E-state index is 0.260. The van der Waals surface area contributed by atoms with E-state index in [1.165, 1.54) is 48.5 Å². The van der Waals surface area contributed by atoms with Gasteiger partial charge >= 0.3 is 0 Å². The van der Waals surface area contributed by atoms with Crippen molar-refractivity contribution in [1.29, 1.82) is 0 Å². The Balaban J connectivity index is 2.04. The largest absolute Gasteiger partial charge is 0.271 e. The molecule has 1 aromatic rings. The summed E-state index contributed by atoms with van der Waals surface area (Å²) in [6.07, 6.45) is 8.39. The van der Waals surface area contributed by atoms with Crippen LogP contribution in [0.2, 0.25) is 0 Å². The van der Waals surface area contributed by atoms with E-state index >= 15 is 0 Å². The lowest BCUT2D eigenvalue weighted by molar-refractivity contribution is 0.276. The average Bonchev–Trinajstić information content (AvgIpc) is 2.74. The SMILES string of the molecule is NNC(c1cnns1)C1CCCCC1. The number of hydrogen-bond donors (Lipinski definition) is 2. The highest BCUT2D eigenvalue weighted by Gasteiger charge is 2.25. The van der Waals surface area contributed by atoms with Gasteiger partial charge < -0.3 is 0 Å². The van der Waals surface area contributed by atoms with Crippen molar-refractivity contribution in [1.82, 2.24) is 15.0 Å². The fraction of sp³-hybridized carbons (Fsp3) is 0.778. The molecule has 0 saturated heterocycles. The minimum Gasteiger partial charge on any atom is -0.271 e. The van der Waals surface area contributed by atoms with E-state index < -0.39 is 0 Å². The summed E-state index contributed by atoms with van der Waals surface area (Å²) in [6.45, 7) is 0. The summed E-state index contributed by atoms with van der Waals surface area (Å²) >= 11 is 1.45. The molecule has 0 amide bonds. The highest BCUT2D eigenvalue weighted by atomic mass is 32.1. The quantitative estimate of drug-likeness (QED) is 0.590. The third kappa shape index (κ3) is 2.10. The van der Waals surface area contributed by atoms with Crippen LogP contribution in [0.1, 0.15) is 43.0 Å². The number of nitrogens with zero attached hydrogens (tertiary/aromatic N) is 2. The van der Waals surface area contributed by atoms with Gasteiger partial charge in [0.25, 0.3) is 0 Å². The standard InChI is InChI=1S/C9H16N4S/c10-12-9(8-6-11-13-14-8)7-4-2-1-3-5-7/h6-7,9,12H,1-5,10H2. The van der Waals surface area contributed by atoms with E-state index in [1.807, 2.05) is 6.20 Å². The number of nitrogens with one attached hydrogen (secondary N) is 1. The van der Waals surface area contributed by atoms with Crippen molar-refractivity contribution in [3.05, 3.63) is 11.1 Å². The van der Waals surface area contributed by atoms with Crippen LogP contribution in [-0.4, -0.2) is 9.59 Å². The molecule has 1 unspecified atom stereocenters. The molecule has 1 aliphatic carbocycles. The van der Waals surface area contributed by atoms with Crippen LogP contribution in [0.15, 0.2) is 6.20 Å². The highest BCUT2D eigenvalue weighted by Crippen LogP contribution is 2.34. The van der Waals surface area contributed by atoms with Gasteiger partial charge in [-0.3, -0.25) is 11.3 Å². The molecule has 0 aromatic carbocycles. The molecular weight excluding hydrogens is 196 g/mol. The highest BCUT2D eigenvalue weighted by molar-refractivity contribution is 7.05. The van der Waals surface area contributed by atoms with E-state index in [-0.39, 0.29) is 6.04 Å². The molecule has 1 saturated carbocycles. The normalized spacial score (nSPS) is 20.9. The van der Waals surface area contributed by atoms with Crippen molar-refractivity contribution in [2.75, 3.05) is 0 Å². The summed E-state index contributed by atoms with van der Waals surface area (Å²) < 4.78 is 3.88. The summed E-state index contributed by atoms with van der Waals surface area (Å²) in [5, 5.41) is 3.86. The number of hydrogen-bond acceptors (Lipinski definition) is 5. The predicted octanol–water partition coefficient (Wildman–Crippen LogP) is 1.62. The Bertz CT molecular complexity index is 256. The second kappa shape index (κ2) is 4.82. The van der Waals surface area contributed by atoms with Crippen LogP contribution < -0.4 is 11.3 Å². The lowest BCUT2D eigenvalue weighted by Gasteiger charge is -2.28. The zero-order chi connectivity index (χ0) is 9.80. The number of aromatic nitrogens is 2. The Kier molecular flexibility index (Phi) is 3.44. The summed E-state index contributed by atoms with van der Waals surface area (Å²) in [6, 6.07) is 0.260. The van der Waals surface area contributed by atoms with E-state index in [0.29, 0.717) is 5.92 Å². The molecule has 1 atom stereocenters. The summed E-state index contributed by atoms with van der Waals surface area (Å²) in [5.74, 6) is 6.26. The van der Waals surface area contributed by atoms with Gasteiger partial charge in [0, 0.05) is 0 Å². The van der Waals surface area contributed by atoms with Gasteiger partial charge in [0.1, 0.15) is 0 Å². The first kappa shape index (κ1) is 10.0. The Hall–Kier alpha value is -0.520. The molecule has 1 fully saturated rings. The van der Waals surface area contributed by atoms with Crippen molar-refractivity contribution in [2.24, 2.45) is 11.8 Å². The predicted molar refractivity (Wildman–Crippen MR) is 56.5 cm³/mol. The van der Waals surface area contributed by atoms with Gasteiger partial charge in [-0.15, -0.1) is 5.10 Å². The van der Waals surface area contributed by atoms with Crippen LogP contribution in [0.25, 0.3) is 0 Å². The molecule has 1 aromatic heterocycles. The molecule has 3 N–H and O–H groups in total. The van der Waals surface area contributed by atoms with E-state index in [2.05, 4.69) is 15.0 Å². The molecule has 4 nitrogen and oxygen atoms in total. The molecule has 5 heteroatoms. The van der Waals surface area contributed by atoms with Gasteiger partial charge in [0.2, 0.25) is 0 Å². The van der Waals surface area contributed by atoms with Gasteiger partial charge in [-0.25, -0.2) is 0 Å². The molecule has 0 bridgehead atoms. The van der Waals surface area contributed by atoms with Crippen LogP contribution in [0.5, 0.6) is 0 Å². The molecule has 2 rings (SSSR count). The van der Waals surface area contributed by atoms with Crippen molar-refractivity contribution in [3.63, 3.8) is 0 Å². The van der Waals surface area contributed by atoms with E-state index in [0.717, 1.165) is 0 Å². The molecule has 0 radical (unpaired) electrons. The summed E-state index contributed by atoms with van der Waals surface area (Å²) in [7, 11) is 0. The molecule has 14 heavy (non-hydrogen) atoms. The first-order valence-corrected chi connectivity index (χ1v) is 5.92. The smallest absolute Gasteiger partial charge is 0.0669 e. The first-order chi connectivity index (χ1) is 6.92. The van der Waals surface area contributed by atoms with Gasteiger partial charge in [0.05, 0.1) is 17.1 Å². The van der Waals surface area contributed by atoms with E-state index in [4.69, 9.17) is 5.84 Å². The second-order valence-corrected chi connectivity index (χ2v) is 4.68. The molecule has 0 spiro atoms. The number of nitrogens with two attached hydrogens (primary N) is 1. The van der Waals surface area contributed by atoms with Crippen molar-refractivity contribution < 1.29 is 0 Å². The maximum atomic E-state index is 5.60. The Labute approximate surface area is 88.0 Å². The third-order valence-corrected chi connectivity index (χ3v) is 3.73. The van der Waals surface area contributed by atoms with Crippen LogP contribution in [0.3, 0.4) is 0 Å². The van der Waals surface area contributed by atoms with Gasteiger partial charge in [-0.05, 0) is 30.3 Å². The third-order valence-electron chi connectivity index (χ3n) is 2.99. The molecule has 1 heterocycles. The van der Waals surface area contributed by atoms with Crippen molar-refractivity contribution in [2.45, 2.75) is 38.1 Å². The molecule has 78 valence electrons. The average molecular weight is 212 g/mol. The lowest BCUT2D eigenvalue weighted by Crippen LogP contribution is -2.34. The zero-order valence-corrected chi connectivity index (χ0v) is 8.96. The van der Waals surface area contributed by atoms with Crippen molar-refractivity contribution >= 4 is 11.5 Å². The van der Waals surface area contributed by atoms with E-state index in [9.17, 15) is 0 Å². The van der Waals surface area contributed by atoms with Crippen LogP contribution in [0.4, 0.5) is 0 Å². The zero-order valence-electron chi connectivity index (χ0n) is 8.15.